The van der Waals surface area contributed by atoms with Crippen LogP contribution in [0.4, 0.5) is 0 Å². The number of carbonyl (C=O) groups is 1. The van der Waals surface area contributed by atoms with E-state index in [2.05, 4.69) is 6.58 Å². The van der Waals surface area contributed by atoms with Crippen LogP contribution in [0.1, 0.15) is 59.8 Å². The summed E-state index contributed by atoms with van der Waals surface area (Å²) in [5.74, 6) is -1.07. The van der Waals surface area contributed by atoms with Crippen LogP contribution in [0.3, 0.4) is 0 Å². The van der Waals surface area contributed by atoms with Crippen molar-refractivity contribution in [2.45, 2.75) is 133 Å². The lowest BCUT2D eigenvalue weighted by molar-refractivity contribution is -0.375. The minimum Gasteiger partial charge on any atom is -0.478 e. The minimum atomic E-state index is -1.78. The topological polar surface area (TPSA) is 236 Å². The molecule has 0 aromatic rings. The van der Waals surface area contributed by atoms with Crippen LogP contribution in [0, 0.1) is 0 Å². The van der Waals surface area contributed by atoms with E-state index in [1.54, 1.807) is 6.92 Å². The number of hydrogen-bond acceptors (Lipinski definition) is 13. The standard InChI is InChI=1S/C32H52O14/c1-6-32(5,12-8-11-17(2)9-7-10-18(3)13-20(35)14-19(4)29(41)42)46-31-28(26(39)24(37)22(16-34)44-31)45-30-27(40)25(38)23(36)21(15-33)43-30/h6,10-11,14,20-28,30-31,33-40H,1,7-9,12-13,15-16H2,2-5H3,(H,41,42)/b17-11+,18-10+,19-14+/t20?,21-,22-,23-,24-,25+,26+,27-,28-,30+,31+,32-/m1/s1. The maximum Gasteiger partial charge on any atom is 0.331 e. The predicted octanol–water partition coefficient (Wildman–Crippen LogP) is -0.193. The van der Waals surface area contributed by atoms with E-state index in [4.69, 9.17) is 24.1 Å². The van der Waals surface area contributed by atoms with Crippen molar-refractivity contribution in [1.82, 2.24) is 0 Å². The van der Waals surface area contributed by atoms with Crippen molar-refractivity contribution < 1.29 is 69.7 Å². The summed E-state index contributed by atoms with van der Waals surface area (Å²) >= 11 is 0. The predicted molar refractivity (Wildman–Crippen MR) is 164 cm³/mol. The van der Waals surface area contributed by atoms with Crippen molar-refractivity contribution in [3.63, 3.8) is 0 Å². The molecule has 2 heterocycles. The number of allylic oxidation sites excluding steroid dienone is 3. The van der Waals surface area contributed by atoms with Gasteiger partial charge in [0.15, 0.2) is 12.6 Å². The highest BCUT2D eigenvalue weighted by Gasteiger charge is 2.51. The fourth-order valence-corrected chi connectivity index (χ4v) is 5.19. The van der Waals surface area contributed by atoms with Gasteiger partial charge in [-0.2, -0.15) is 0 Å². The molecule has 12 atom stereocenters. The van der Waals surface area contributed by atoms with Crippen molar-refractivity contribution in [3.8, 4) is 0 Å². The number of carboxylic acid groups (broad SMARTS) is 1. The summed E-state index contributed by atoms with van der Waals surface area (Å²) in [5.41, 5.74) is 1.05. The average Bonchev–Trinajstić information content (AvgIpc) is 3.00. The molecule has 9 N–H and O–H groups in total. The third-order valence-electron chi connectivity index (χ3n) is 8.26. The summed E-state index contributed by atoms with van der Waals surface area (Å²) in [5, 5.41) is 90.3. The Bertz CT molecular complexity index is 1070. The van der Waals surface area contributed by atoms with E-state index >= 15 is 0 Å². The van der Waals surface area contributed by atoms with Gasteiger partial charge in [0.1, 0.15) is 48.8 Å². The second-order valence-corrected chi connectivity index (χ2v) is 12.2. The molecule has 0 radical (unpaired) electrons. The second kappa shape index (κ2) is 18.5. The molecule has 1 unspecified atom stereocenters. The van der Waals surface area contributed by atoms with Gasteiger partial charge in [-0.25, -0.2) is 4.79 Å². The van der Waals surface area contributed by atoms with Crippen LogP contribution in [0.5, 0.6) is 0 Å². The molecule has 0 aliphatic carbocycles. The smallest absolute Gasteiger partial charge is 0.331 e. The number of rotatable bonds is 17. The summed E-state index contributed by atoms with van der Waals surface area (Å²) < 4.78 is 23.1. The summed E-state index contributed by atoms with van der Waals surface area (Å²) in [6, 6.07) is 0. The average molecular weight is 661 g/mol. The Hall–Kier alpha value is -2.05. The quantitative estimate of drug-likeness (QED) is 0.0727. The molecule has 2 aliphatic heterocycles. The molecule has 2 saturated heterocycles. The van der Waals surface area contributed by atoms with E-state index < -0.39 is 92.3 Å². The number of aliphatic hydroxyl groups is 8. The van der Waals surface area contributed by atoms with Crippen LogP contribution in [0.15, 0.2) is 47.6 Å². The third kappa shape index (κ3) is 11.3. The van der Waals surface area contributed by atoms with Crippen molar-refractivity contribution >= 4 is 5.97 Å². The first-order chi connectivity index (χ1) is 21.6. The first-order valence-corrected chi connectivity index (χ1v) is 15.4. The summed E-state index contributed by atoms with van der Waals surface area (Å²) in [4.78, 5) is 10.9. The molecule has 0 amide bonds. The fraction of sp³-hybridized carbons (Fsp3) is 0.719. The summed E-state index contributed by atoms with van der Waals surface area (Å²) in [6.45, 7) is 9.51. The first-order valence-electron chi connectivity index (χ1n) is 15.4. The molecule has 0 bridgehead atoms. The normalized spacial score (nSPS) is 35.0. The molecule has 0 saturated carbocycles. The Balaban J connectivity index is 2.06. The maximum absolute atomic E-state index is 10.9. The van der Waals surface area contributed by atoms with Gasteiger partial charge in [0.2, 0.25) is 0 Å². The van der Waals surface area contributed by atoms with E-state index in [1.165, 1.54) is 19.1 Å². The third-order valence-corrected chi connectivity index (χ3v) is 8.26. The fourth-order valence-electron chi connectivity index (χ4n) is 5.19. The Morgan fingerprint density at radius 3 is 2.00 bits per heavy atom. The largest absolute Gasteiger partial charge is 0.478 e. The molecule has 2 aliphatic rings. The molecule has 0 aromatic carbocycles. The van der Waals surface area contributed by atoms with Crippen LogP contribution in [0.25, 0.3) is 0 Å². The Morgan fingerprint density at radius 1 is 0.870 bits per heavy atom. The van der Waals surface area contributed by atoms with Crippen LogP contribution in [-0.2, 0) is 23.7 Å². The summed E-state index contributed by atoms with van der Waals surface area (Å²) in [6.07, 6.45) is -6.76. The highest BCUT2D eigenvalue weighted by molar-refractivity contribution is 5.85. The van der Waals surface area contributed by atoms with Gasteiger partial charge in [0.05, 0.1) is 24.9 Å². The van der Waals surface area contributed by atoms with Gasteiger partial charge >= 0.3 is 5.97 Å². The van der Waals surface area contributed by atoms with Crippen molar-refractivity contribution in [1.29, 1.82) is 0 Å². The van der Waals surface area contributed by atoms with E-state index in [-0.39, 0.29) is 5.57 Å². The van der Waals surface area contributed by atoms with Gasteiger partial charge in [-0.3, -0.25) is 0 Å². The number of carboxylic acids is 1. The van der Waals surface area contributed by atoms with E-state index in [0.717, 1.165) is 17.6 Å². The Morgan fingerprint density at radius 2 is 1.43 bits per heavy atom. The lowest BCUT2D eigenvalue weighted by atomic mass is 9.95. The molecule has 14 nitrogen and oxygen atoms in total. The van der Waals surface area contributed by atoms with E-state index in [0.29, 0.717) is 25.7 Å². The van der Waals surface area contributed by atoms with Crippen LogP contribution >= 0.6 is 0 Å². The molecule has 2 fully saturated rings. The molecule has 264 valence electrons. The molecule has 2 rings (SSSR count). The van der Waals surface area contributed by atoms with Gasteiger partial charge < -0.3 is 64.9 Å². The van der Waals surface area contributed by atoms with E-state index in [9.17, 15) is 45.6 Å². The zero-order valence-electron chi connectivity index (χ0n) is 26.9. The lowest BCUT2D eigenvalue weighted by Crippen LogP contribution is -2.65. The van der Waals surface area contributed by atoms with Gasteiger partial charge in [0.25, 0.3) is 0 Å². The van der Waals surface area contributed by atoms with Crippen molar-refractivity contribution in [3.05, 3.63) is 47.6 Å². The minimum absolute atomic E-state index is 0.0865. The van der Waals surface area contributed by atoms with Gasteiger partial charge in [-0.1, -0.05) is 29.4 Å². The Labute approximate surface area is 269 Å². The van der Waals surface area contributed by atoms with Crippen LogP contribution in [0.2, 0.25) is 0 Å². The zero-order chi connectivity index (χ0) is 34.8. The van der Waals surface area contributed by atoms with Crippen molar-refractivity contribution in [2.75, 3.05) is 13.2 Å². The second-order valence-electron chi connectivity index (χ2n) is 12.2. The van der Waals surface area contributed by atoms with Crippen LogP contribution < -0.4 is 0 Å². The molecular formula is C32H52O14. The molecule has 0 aromatic heterocycles. The molecule has 0 spiro atoms. The van der Waals surface area contributed by atoms with E-state index in [1.807, 2.05) is 26.0 Å². The van der Waals surface area contributed by atoms with Gasteiger partial charge in [0, 0.05) is 5.57 Å². The highest BCUT2D eigenvalue weighted by atomic mass is 16.8. The Kier molecular flexibility index (Phi) is 16.1. The molecule has 14 heteroatoms. The number of aliphatic hydroxyl groups excluding tert-OH is 8. The molecular weight excluding hydrogens is 608 g/mol. The lowest BCUT2D eigenvalue weighted by Gasteiger charge is -2.47. The number of ether oxygens (including phenoxy) is 4. The number of aliphatic carboxylic acids is 1. The van der Waals surface area contributed by atoms with Crippen LogP contribution in [-0.4, -0.2) is 138 Å². The van der Waals surface area contributed by atoms with Gasteiger partial charge in [-0.15, -0.1) is 6.58 Å². The maximum atomic E-state index is 10.9. The monoisotopic (exact) mass is 660 g/mol. The van der Waals surface area contributed by atoms with Crippen molar-refractivity contribution in [2.24, 2.45) is 0 Å². The molecule has 46 heavy (non-hydrogen) atoms. The summed E-state index contributed by atoms with van der Waals surface area (Å²) in [7, 11) is 0. The zero-order valence-corrected chi connectivity index (χ0v) is 26.9. The number of hydrogen-bond donors (Lipinski definition) is 9. The first kappa shape index (κ1) is 40.1. The highest BCUT2D eigenvalue weighted by Crippen LogP contribution is 2.33. The SMILES string of the molecule is C=C[C@](C)(CC/C=C(\C)CC/C=C(\C)CC(O)/C=C(\C)C(=O)O)O[C@@H]1O[C@H](CO)[C@@H](O)[C@H](O)[C@H]1O[C@@H]1O[C@H](CO)[C@@H](O)[C@H](O)[C@H]1O. The van der Waals surface area contributed by atoms with Gasteiger partial charge in [-0.05, 0) is 65.9 Å².